The number of aromatic nitrogens is 2. The molecule has 3 rings (SSSR count). The first-order valence-electron chi connectivity index (χ1n) is 8.68. The molecular formula is C18H23ClN4O2. The molecule has 1 N–H and O–H groups in total. The summed E-state index contributed by atoms with van der Waals surface area (Å²) in [4.78, 5) is 18.9. The zero-order valence-corrected chi connectivity index (χ0v) is 15.3. The summed E-state index contributed by atoms with van der Waals surface area (Å²) in [6, 6.07) is 7.50. The minimum Gasteiger partial charge on any atom is -0.339 e. The van der Waals surface area contributed by atoms with Crippen LogP contribution in [0.25, 0.3) is 0 Å². The molecule has 1 aliphatic heterocycles. The molecule has 2 aromatic rings. The van der Waals surface area contributed by atoms with Crippen LogP contribution in [0.1, 0.15) is 55.4 Å². The molecule has 1 aliphatic rings. The Morgan fingerprint density at radius 3 is 3.04 bits per heavy atom. The zero-order valence-electron chi connectivity index (χ0n) is 14.5. The Hall–Kier alpha value is -2.08. The SMILES string of the molecule is CCC(NC(=O)N1CCCC(c2nc(C)no2)C1)c1cccc(Cl)c1. The molecule has 7 heteroatoms. The highest BCUT2D eigenvalue weighted by molar-refractivity contribution is 6.30. The van der Waals surface area contributed by atoms with Gasteiger partial charge in [0.05, 0.1) is 12.0 Å². The van der Waals surface area contributed by atoms with Crippen molar-refractivity contribution >= 4 is 17.6 Å². The molecule has 0 aliphatic carbocycles. The van der Waals surface area contributed by atoms with E-state index in [0.29, 0.717) is 23.3 Å². The minimum absolute atomic E-state index is 0.0581. The lowest BCUT2D eigenvalue weighted by Gasteiger charge is -2.32. The number of nitrogens with zero attached hydrogens (tertiary/aromatic N) is 3. The Bertz CT molecular complexity index is 733. The van der Waals surface area contributed by atoms with E-state index in [-0.39, 0.29) is 18.0 Å². The maximum atomic E-state index is 12.7. The number of halogens is 1. The molecule has 0 bridgehead atoms. The van der Waals surface area contributed by atoms with Gasteiger partial charge in [0.25, 0.3) is 0 Å². The topological polar surface area (TPSA) is 71.3 Å². The Kier molecular flexibility index (Phi) is 5.58. The number of likely N-dealkylation sites (tertiary alicyclic amines) is 1. The molecule has 134 valence electrons. The summed E-state index contributed by atoms with van der Waals surface area (Å²) in [5.74, 6) is 1.35. The number of aryl methyl sites for hydroxylation is 1. The van der Waals surface area contributed by atoms with E-state index in [9.17, 15) is 4.79 Å². The van der Waals surface area contributed by atoms with E-state index in [1.165, 1.54) is 0 Å². The Labute approximate surface area is 152 Å². The summed E-state index contributed by atoms with van der Waals surface area (Å²) < 4.78 is 5.28. The molecule has 1 fully saturated rings. The second-order valence-electron chi connectivity index (χ2n) is 6.43. The molecule has 0 radical (unpaired) electrons. The van der Waals surface area contributed by atoms with E-state index >= 15 is 0 Å². The van der Waals surface area contributed by atoms with Crippen LogP contribution in [0.2, 0.25) is 5.02 Å². The maximum absolute atomic E-state index is 12.7. The van der Waals surface area contributed by atoms with E-state index in [2.05, 4.69) is 15.5 Å². The van der Waals surface area contributed by atoms with Gasteiger partial charge in [-0.2, -0.15) is 4.98 Å². The van der Waals surface area contributed by atoms with E-state index < -0.39 is 0 Å². The smallest absolute Gasteiger partial charge is 0.317 e. The predicted molar refractivity (Wildman–Crippen MR) is 95.6 cm³/mol. The Balaban J connectivity index is 1.65. The summed E-state index contributed by atoms with van der Waals surface area (Å²) in [5.41, 5.74) is 1.02. The largest absolute Gasteiger partial charge is 0.339 e. The van der Waals surface area contributed by atoms with Crippen LogP contribution in [-0.2, 0) is 0 Å². The predicted octanol–water partition coefficient (Wildman–Crippen LogP) is 4.07. The molecule has 2 unspecified atom stereocenters. The average Bonchev–Trinajstić information content (AvgIpc) is 3.06. The monoisotopic (exact) mass is 362 g/mol. The van der Waals surface area contributed by atoms with Crippen LogP contribution in [0.4, 0.5) is 4.79 Å². The third-order valence-corrected chi connectivity index (χ3v) is 4.79. The van der Waals surface area contributed by atoms with E-state index in [1.54, 1.807) is 6.92 Å². The molecule has 2 amide bonds. The molecule has 0 spiro atoms. The van der Waals surface area contributed by atoms with Crippen molar-refractivity contribution in [1.29, 1.82) is 0 Å². The van der Waals surface area contributed by atoms with Crippen molar-refractivity contribution in [3.8, 4) is 0 Å². The van der Waals surface area contributed by atoms with Crippen LogP contribution >= 0.6 is 11.6 Å². The summed E-state index contributed by atoms with van der Waals surface area (Å²) in [6.45, 7) is 5.18. The fraction of sp³-hybridized carbons (Fsp3) is 0.500. The number of amides is 2. The number of rotatable bonds is 4. The molecule has 1 aromatic heterocycles. The van der Waals surface area contributed by atoms with Crippen molar-refractivity contribution < 1.29 is 9.32 Å². The quantitative estimate of drug-likeness (QED) is 0.889. The second-order valence-corrected chi connectivity index (χ2v) is 6.87. The lowest BCUT2D eigenvalue weighted by Crippen LogP contribution is -2.46. The summed E-state index contributed by atoms with van der Waals surface area (Å²) >= 11 is 6.07. The molecule has 2 atom stereocenters. The van der Waals surface area contributed by atoms with E-state index in [0.717, 1.165) is 31.4 Å². The molecule has 1 aromatic carbocycles. The van der Waals surface area contributed by atoms with Gasteiger partial charge >= 0.3 is 6.03 Å². The molecular weight excluding hydrogens is 340 g/mol. The third kappa shape index (κ3) is 4.31. The molecule has 1 saturated heterocycles. The van der Waals surface area contributed by atoms with Gasteiger partial charge in [0.15, 0.2) is 5.82 Å². The van der Waals surface area contributed by atoms with Gasteiger partial charge in [-0.1, -0.05) is 35.8 Å². The number of benzene rings is 1. The van der Waals surface area contributed by atoms with Crippen molar-refractivity contribution in [3.05, 3.63) is 46.6 Å². The summed E-state index contributed by atoms with van der Waals surface area (Å²) in [6.07, 6.45) is 2.68. The van der Waals surface area contributed by atoms with Crippen molar-refractivity contribution in [2.45, 2.75) is 45.1 Å². The zero-order chi connectivity index (χ0) is 17.8. The minimum atomic E-state index is -0.0623. The van der Waals surface area contributed by atoms with Gasteiger partial charge in [0.2, 0.25) is 5.89 Å². The number of carbonyl (C=O) groups excluding carboxylic acids is 1. The standard InChI is InChI=1S/C18H23ClN4O2/c1-3-16(13-6-4-8-15(19)10-13)21-18(24)23-9-5-7-14(11-23)17-20-12(2)22-25-17/h4,6,8,10,14,16H,3,5,7,9,11H2,1-2H3,(H,21,24). The van der Waals surface area contributed by atoms with Gasteiger partial charge in [0.1, 0.15) is 0 Å². The number of piperidine rings is 1. The van der Waals surface area contributed by atoms with Crippen molar-refractivity contribution in [3.63, 3.8) is 0 Å². The van der Waals surface area contributed by atoms with Gasteiger partial charge in [-0.3, -0.25) is 0 Å². The van der Waals surface area contributed by atoms with E-state index in [4.69, 9.17) is 16.1 Å². The van der Waals surface area contributed by atoms with Crippen molar-refractivity contribution in [2.24, 2.45) is 0 Å². The summed E-state index contributed by atoms with van der Waals surface area (Å²) in [5, 5.41) is 7.65. The number of carbonyl (C=O) groups is 1. The molecule has 2 heterocycles. The van der Waals surface area contributed by atoms with Crippen LogP contribution < -0.4 is 5.32 Å². The number of hydrogen-bond donors (Lipinski definition) is 1. The highest BCUT2D eigenvalue weighted by atomic mass is 35.5. The van der Waals surface area contributed by atoms with Gasteiger partial charge < -0.3 is 14.7 Å². The first-order chi connectivity index (χ1) is 12.1. The van der Waals surface area contributed by atoms with Crippen LogP contribution in [0.15, 0.2) is 28.8 Å². The number of hydrogen-bond acceptors (Lipinski definition) is 4. The highest BCUT2D eigenvalue weighted by Gasteiger charge is 2.29. The first kappa shape index (κ1) is 17.7. The number of nitrogens with one attached hydrogen (secondary N) is 1. The van der Waals surface area contributed by atoms with Gasteiger partial charge in [0, 0.05) is 18.1 Å². The molecule has 0 saturated carbocycles. The fourth-order valence-corrected chi connectivity index (χ4v) is 3.43. The third-order valence-electron chi connectivity index (χ3n) is 4.56. The van der Waals surface area contributed by atoms with Gasteiger partial charge in [-0.05, 0) is 43.9 Å². The lowest BCUT2D eigenvalue weighted by atomic mass is 9.98. The van der Waals surface area contributed by atoms with E-state index in [1.807, 2.05) is 36.1 Å². The van der Waals surface area contributed by atoms with Gasteiger partial charge in [-0.25, -0.2) is 4.79 Å². The average molecular weight is 363 g/mol. The van der Waals surface area contributed by atoms with Crippen molar-refractivity contribution in [1.82, 2.24) is 20.4 Å². The van der Waals surface area contributed by atoms with Crippen LogP contribution in [0, 0.1) is 6.92 Å². The molecule has 25 heavy (non-hydrogen) atoms. The van der Waals surface area contributed by atoms with Crippen LogP contribution in [0.5, 0.6) is 0 Å². The van der Waals surface area contributed by atoms with Crippen LogP contribution in [0.3, 0.4) is 0 Å². The normalized spacial score (nSPS) is 18.8. The van der Waals surface area contributed by atoms with Gasteiger partial charge in [-0.15, -0.1) is 0 Å². The Morgan fingerprint density at radius 1 is 1.52 bits per heavy atom. The lowest BCUT2D eigenvalue weighted by molar-refractivity contribution is 0.168. The number of urea groups is 1. The fourth-order valence-electron chi connectivity index (χ4n) is 3.23. The highest BCUT2D eigenvalue weighted by Crippen LogP contribution is 2.26. The van der Waals surface area contributed by atoms with Crippen LogP contribution in [-0.4, -0.2) is 34.2 Å². The Morgan fingerprint density at radius 2 is 2.36 bits per heavy atom. The maximum Gasteiger partial charge on any atom is 0.317 e. The van der Waals surface area contributed by atoms with Crippen molar-refractivity contribution in [2.75, 3.05) is 13.1 Å². The summed E-state index contributed by atoms with van der Waals surface area (Å²) in [7, 11) is 0. The first-order valence-corrected chi connectivity index (χ1v) is 9.05. The second kappa shape index (κ2) is 7.87. The molecule has 6 nitrogen and oxygen atoms in total.